The van der Waals surface area contributed by atoms with E-state index in [0.29, 0.717) is 22.4 Å². The molecular weight excluding hydrogens is 333 g/mol. The van der Waals surface area contributed by atoms with E-state index in [1.165, 1.54) is 6.20 Å². The van der Waals surface area contributed by atoms with E-state index in [0.717, 1.165) is 5.56 Å². The van der Waals surface area contributed by atoms with Gasteiger partial charge in [0.25, 0.3) is 10.0 Å². The number of rotatable bonds is 4. The van der Waals surface area contributed by atoms with E-state index < -0.39 is 10.0 Å². The van der Waals surface area contributed by atoms with Crippen molar-refractivity contribution in [2.24, 2.45) is 5.14 Å². The van der Waals surface area contributed by atoms with E-state index in [4.69, 9.17) is 28.3 Å². The summed E-state index contributed by atoms with van der Waals surface area (Å²) >= 11 is 12.0. The Balaban J connectivity index is 2.45. The highest BCUT2D eigenvalue weighted by Crippen LogP contribution is 2.24. The van der Waals surface area contributed by atoms with Gasteiger partial charge in [-0.05, 0) is 17.7 Å². The number of nitrogens with zero attached hydrogens (tertiary/aromatic N) is 2. The second-order valence-corrected chi connectivity index (χ2v) is 7.35. The van der Waals surface area contributed by atoms with E-state index in [2.05, 4.69) is 4.98 Å². The molecule has 8 heteroatoms. The smallest absolute Gasteiger partial charge is 0.257 e. The fourth-order valence-corrected chi connectivity index (χ4v) is 2.93. The number of hydrogen-bond donors (Lipinski definition) is 1. The monoisotopic (exact) mass is 347 g/mol. The average molecular weight is 348 g/mol. The van der Waals surface area contributed by atoms with Crippen molar-refractivity contribution in [1.82, 2.24) is 9.55 Å². The molecule has 2 N–H and O–H groups in total. The van der Waals surface area contributed by atoms with Crippen LogP contribution in [0.4, 0.5) is 0 Å². The molecule has 0 aliphatic rings. The van der Waals surface area contributed by atoms with Gasteiger partial charge in [0.05, 0.1) is 6.54 Å². The van der Waals surface area contributed by atoms with Crippen LogP contribution in [-0.4, -0.2) is 18.0 Å². The molecule has 1 heterocycles. The van der Waals surface area contributed by atoms with Gasteiger partial charge in [-0.3, -0.25) is 0 Å². The Labute approximate surface area is 133 Å². The number of sulfonamides is 1. The Morgan fingerprint density at radius 3 is 2.52 bits per heavy atom. The molecule has 1 aromatic heterocycles. The number of imidazole rings is 1. The molecule has 1 aromatic carbocycles. The topological polar surface area (TPSA) is 78.0 Å². The van der Waals surface area contributed by atoms with Gasteiger partial charge in [0.15, 0.2) is 5.03 Å². The van der Waals surface area contributed by atoms with Gasteiger partial charge < -0.3 is 4.57 Å². The summed E-state index contributed by atoms with van der Waals surface area (Å²) in [6.45, 7) is 4.25. The Bertz CT molecular complexity index is 770. The summed E-state index contributed by atoms with van der Waals surface area (Å²) in [7, 11) is -3.83. The largest absolute Gasteiger partial charge is 0.329 e. The summed E-state index contributed by atoms with van der Waals surface area (Å²) in [4.78, 5) is 4.11. The molecule has 0 aliphatic heterocycles. The van der Waals surface area contributed by atoms with Gasteiger partial charge in [0.1, 0.15) is 5.82 Å². The summed E-state index contributed by atoms with van der Waals surface area (Å²) in [5.74, 6) is 0.677. The lowest BCUT2D eigenvalue weighted by molar-refractivity contribution is 0.594. The zero-order valence-corrected chi connectivity index (χ0v) is 13.9. The first-order valence-corrected chi connectivity index (χ1v) is 8.52. The van der Waals surface area contributed by atoms with Crippen LogP contribution in [0.5, 0.6) is 0 Å². The Morgan fingerprint density at radius 1 is 1.33 bits per heavy atom. The van der Waals surface area contributed by atoms with Crippen molar-refractivity contribution >= 4 is 33.2 Å². The van der Waals surface area contributed by atoms with Crippen molar-refractivity contribution in [2.75, 3.05) is 0 Å². The van der Waals surface area contributed by atoms with Crippen molar-refractivity contribution in [2.45, 2.75) is 31.3 Å². The standard InChI is InChI=1S/C13H15Cl2N3O2S/c1-8(2)13-17-12(21(16,19)20)7-18(13)6-9-3-4-10(14)5-11(9)15/h3-5,7-8H,6H2,1-2H3,(H2,16,19,20). The molecule has 21 heavy (non-hydrogen) atoms. The van der Waals surface area contributed by atoms with E-state index in [1.54, 1.807) is 22.8 Å². The van der Waals surface area contributed by atoms with Crippen molar-refractivity contribution in [3.05, 3.63) is 45.8 Å². The van der Waals surface area contributed by atoms with Crippen LogP contribution in [0.3, 0.4) is 0 Å². The van der Waals surface area contributed by atoms with Crippen molar-refractivity contribution in [3.63, 3.8) is 0 Å². The third kappa shape index (κ3) is 3.77. The highest BCUT2D eigenvalue weighted by molar-refractivity contribution is 7.89. The molecule has 0 bridgehead atoms. The van der Waals surface area contributed by atoms with Crippen LogP contribution in [0.1, 0.15) is 31.2 Å². The molecule has 0 aliphatic carbocycles. The molecule has 0 unspecified atom stereocenters. The number of halogens is 2. The third-order valence-electron chi connectivity index (χ3n) is 2.95. The van der Waals surface area contributed by atoms with Gasteiger partial charge in [0.2, 0.25) is 0 Å². The molecule has 5 nitrogen and oxygen atoms in total. The quantitative estimate of drug-likeness (QED) is 0.923. The molecule has 114 valence electrons. The average Bonchev–Trinajstić information content (AvgIpc) is 2.76. The molecule has 0 fully saturated rings. The van der Waals surface area contributed by atoms with Crippen molar-refractivity contribution in [3.8, 4) is 0 Å². The van der Waals surface area contributed by atoms with E-state index in [9.17, 15) is 8.42 Å². The SMILES string of the molecule is CC(C)c1nc(S(N)(=O)=O)cn1Cc1ccc(Cl)cc1Cl. The number of nitrogens with two attached hydrogens (primary N) is 1. The number of aromatic nitrogens is 2. The molecule has 2 rings (SSSR count). The van der Waals surface area contributed by atoms with Crippen LogP contribution >= 0.6 is 23.2 Å². The predicted octanol–water partition coefficient (Wildman–Crippen LogP) is 3.01. The molecule has 0 saturated heterocycles. The van der Waals surface area contributed by atoms with E-state index in [-0.39, 0.29) is 10.9 Å². The molecule has 0 atom stereocenters. The fraction of sp³-hybridized carbons (Fsp3) is 0.308. The van der Waals surface area contributed by atoms with Gasteiger partial charge >= 0.3 is 0 Å². The van der Waals surface area contributed by atoms with Crippen LogP contribution in [-0.2, 0) is 16.6 Å². The minimum Gasteiger partial charge on any atom is -0.329 e. The minimum atomic E-state index is -3.83. The van der Waals surface area contributed by atoms with Gasteiger partial charge in [0, 0.05) is 22.2 Å². The van der Waals surface area contributed by atoms with Crippen molar-refractivity contribution < 1.29 is 8.42 Å². The fourth-order valence-electron chi connectivity index (χ4n) is 1.96. The Kier molecular flexibility index (Phi) is 4.63. The summed E-state index contributed by atoms with van der Waals surface area (Å²) in [6.07, 6.45) is 1.43. The number of primary sulfonamides is 1. The van der Waals surface area contributed by atoms with Crippen molar-refractivity contribution in [1.29, 1.82) is 0 Å². The Morgan fingerprint density at radius 2 is 2.00 bits per heavy atom. The van der Waals surface area contributed by atoms with Crippen LogP contribution in [0.25, 0.3) is 0 Å². The summed E-state index contributed by atoms with van der Waals surface area (Å²) in [6, 6.07) is 5.17. The van der Waals surface area contributed by atoms with E-state index >= 15 is 0 Å². The van der Waals surface area contributed by atoms with Crippen LogP contribution in [0.2, 0.25) is 10.0 Å². The number of benzene rings is 1. The summed E-state index contributed by atoms with van der Waals surface area (Å²) in [5, 5.41) is 6.05. The lowest BCUT2D eigenvalue weighted by Gasteiger charge is -2.11. The normalized spacial score (nSPS) is 12.1. The third-order valence-corrected chi connectivity index (χ3v) is 4.32. The molecular formula is C13H15Cl2N3O2S. The lowest BCUT2D eigenvalue weighted by Crippen LogP contribution is -2.12. The summed E-state index contributed by atoms with van der Waals surface area (Å²) in [5.41, 5.74) is 0.821. The first kappa shape index (κ1) is 16.3. The van der Waals surface area contributed by atoms with Crippen LogP contribution in [0.15, 0.2) is 29.4 Å². The first-order valence-electron chi connectivity index (χ1n) is 6.22. The molecule has 0 saturated carbocycles. The zero-order valence-electron chi connectivity index (χ0n) is 11.5. The van der Waals surface area contributed by atoms with Gasteiger partial charge in [-0.25, -0.2) is 18.5 Å². The van der Waals surface area contributed by atoms with E-state index in [1.807, 2.05) is 13.8 Å². The lowest BCUT2D eigenvalue weighted by atomic mass is 10.2. The van der Waals surface area contributed by atoms with Gasteiger partial charge in [-0.15, -0.1) is 0 Å². The minimum absolute atomic E-state index is 0.0478. The maximum atomic E-state index is 11.4. The predicted molar refractivity (Wildman–Crippen MR) is 83.3 cm³/mol. The Hall–Kier alpha value is -1.08. The zero-order chi connectivity index (χ0) is 15.8. The highest BCUT2D eigenvalue weighted by Gasteiger charge is 2.18. The second kappa shape index (κ2) is 5.96. The second-order valence-electron chi connectivity index (χ2n) is 5.00. The molecule has 0 spiro atoms. The molecule has 0 radical (unpaired) electrons. The van der Waals surface area contributed by atoms with Gasteiger partial charge in [-0.1, -0.05) is 43.1 Å². The van der Waals surface area contributed by atoms with Crippen LogP contribution < -0.4 is 5.14 Å². The number of hydrogen-bond acceptors (Lipinski definition) is 3. The molecule has 2 aromatic rings. The maximum absolute atomic E-state index is 11.4. The van der Waals surface area contributed by atoms with Crippen LogP contribution in [0, 0.1) is 0 Å². The molecule has 0 amide bonds. The summed E-state index contributed by atoms with van der Waals surface area (Å²) < 4.78 is 24.6. The van der Waals surface area contributed by atoms with Gasteiger partial charge in [-0.2, -0.15) is 0 Å². The maximum Gasteiger partial charge on any atom is 0.257 e. The highest BCUT2D eigenvalue weighted by atomic mass is 35.5. The first-order chi connectivity index (χ1) is 9.68.